The molecule has 0 saturated heterocycles. The quantitative estimate of drug-likeness (QED) is 0.513. The first-order valence-electron chi connectivity index (χ1n) is 8.18. The first-order valence-corrected chi connectivity index (χ1v) is 8.18. The predicted octanol–water partition coefficient (Wildman–Crippen LogP) is 3.39. The van der Waals surface area contributed by atoms with Crippen LogP contribution in [0.3, 0.4) is 0 Å². The highest BCUT2D eigenvalue weighted by Gasteiger charge is 2.35. The van der Waals surface area contributed by atoms with E-state index in [0.29, 0.717) is 5.69 Å². The second kappa shape index (κ2) is 8.56. The molecule has 0 radical (unpaired) electrons. The van der Waals surface area contributed by atoms with Crippen LogP contribution in [0.25, 0.3) is 0 Å². The summed E-state index contributed by atoms with van der Waals surface area (Å²) in [7, 11) is 2.93. The zero-order chi connectivity index (χ0) is 16.7. The van der Waals surface area contributed by atoms with E-state index in [-0.39, 0.29) is 11.8 Å². The number of anilines is 1. The second-order valence-corrected chi connectivity index (χ2v) is 5.97. The Morgan fingerprint density at radius 2 is 1.65 bits per heavy atom. The Hall–Kier alpha value is -2.04. The van der Waals surface area contributed by atoms with Crippen LogP contribution in [0.2, 0.25) is 0 Å². The summed E-state index contributed by atoms with van der Waals surface area (Å²) < 4.78 is 9.98. The molecule has 126 valence electrons. The maximum Gasteiger partial charge on any atom is 0.318 e. The van der Waals surface area contributed by atoms with Crippen LogP contribution in [-0.2, 0) is 14.3 Å². The first kappa shape index (κ1) is 17.3. The summed E-state index contributed by atoms with van der Waals surface area (Å²) in [6.07, 6.45) is 6.27. The minimum Gasteiger partial charge on any atom is -0.497 e. The van der Waals surface area contributed by atoms with Gasteiger partial charge in [0.05, 0.1) is 14.2 Å². The molecule has 1 saturated carbocycles. The second-order valence-electron chi connectivity index (χ2n) is 5.97. The largest absolute Gasteiger partial charge is 0.497 e. The monoisotopic (exact) mass is 319 g/mol. The standard InChI is InChI=1S/C18H25NO4/c1-22-15-11-9-14(10-12-15)19-17(20)16(18(21)23-2)13-7-5-3-4-6-8-13/h9-13,16H,3-8H2,1-2H3,(H,19,20)/t16-/m0/s1. The van der Waals surface area contributed by atoms with Gasteiger partial charge < -0.3 is 14.8 Å². The van der Waals surface area contributed by atoms with Crippen molar-refractivity contribution in [1.29, 1.82) is 0 Å². The highest BCUT2D eigenvalue weighted by molar-refractivity contribution is 6.05. The van der Waals surface area contributed by atoms with Crippen molar-refractivity contribution in [3.05, 3.63) is 24.3 Å². The molecule has 1 aromatic carbocycles. The molecule has 1 aromatic rings. The summed E-state index contributed by atoms with van der Waals surface area (Å²) in [6, 6.07) is 7.07. The lowest BCUT2D eigenvalue weighted by molar-refractivity contribution is -0.151. The van der Waals surface area contributed by atoms with Crippen molar-refractivity contribution in [1.82, 2.24) is 0 Å². The van der Waals surface area contributed by atoms with Crippen LogP contribution in [0.4, 0.5) is 5.69 Å². The number of nitrogens with one attached hydrogen (secondary N) is 1. The molecule has 23 heavy (non-hydrogen) atoms. The summed E-state index contributed by atoms with van der Waals surface area (Å²) in [5, 5.41) is 2.83. The third kappa shape index (κ3) is 4.71. The fourth-order valence-corrected chi connectivity index (χ4v) is 3.18. The smallest absolute Gasteiger partial charge is 0.318 e. The van der Waals surface area contributed by atoms with Crippen LogP contribution in [0.1, 0.15) is 38.5 Å². The number of rotatable bonds is 5. The zero-order valence-electron chi connectivity index (χ0n) is 13.8. The van der Waals surface area contributed by atoms with Crippen LogP contribution in [0.15, 0.2) is 24.3 Å². The summed E-state index contributed by atoms with van der Waals surface area (Å²) >= 11 is 0. The van der Waals surface area contributed by atoms with Gasteiger partial charge in [-0.15, -0.1) is 0 Å². The molecule has 0 aliphatic heterocycles. The minimum atomic E-state index is -0.736. The van der Waals surface area contributed by atoms with Crippen LogP contribution in [-0.4, -0.2) is 26.1 Å². The lowest BCUT2D eigenvalue weighted by Crippen LogP contribution is -2.36. The number of carbonyl (C=O) groups excluding carboxylic acids is 2. The molecule has 2 rings (SSSR count). The molecule has 5 heteroatoms. The molecule has 0 spiro atoms. The number of benzene rings is 1. The van der Waals surface area contributed by atoms with E-state index in [1.165, 1.54) is 20.0 Å². The normalized spacial score (nSPS) is 17.0. The van der Waals surface area contributed by atoms with Crippen molar-refractivity contribution in [2.75, 3.05) is 19.5 Å². The molecule has 5 nitrogen and oxygen atoms in total. The number of hydrogen-bond acceptors (Lipinski definition) is 4. The van der Waals surface area contributed by atoms with Gasteiger partial charge >= 0.3 is 5.97 Å². The molecule has 1 aliphatic carbocycles. The number of hydrogen-bond donors (Lipinski definition) is 1. The summed E-state index contributed by atoms with van der Waals surface area (Å²) in [5.74, 6) is -0.684. The highest BCUT2D eigenvalue weighted by Crippen LogP contribution is 2.31. The van der Waals surface area contributed by atoms with E-state index in [2.05, 4.69) is 5.32 Å². The molecule has 1 aliphatic rings. The average molecular weight is 319 g/mol. The van der Waals surface area contributed by atoms with Gasteiger partial charge in [-0.25, -0.2) is 0 Å². The van der Waals surface area contributed by atoms with E-state index in [1.807, 2.05) is 0 Å². The third-order valence-electron chi connectivity index (χ3n) is 4.47. The van der Waals surface area contributed by atoms with Crippen molar-refractivity contribution < 1.29 is 19.1 Å². The fraction of sp³-hybridized carbons (Fsp3) is 0.556. The van der Waals surface area contributed by atoms with Crippen molar-refractivity contribution in [3.8, 4) is 5.75 Å². The van der Waals surface area contributed by atoms with Gasteiger partial charge in [-0.3, -0.25) is 9.59 Å². The Kier molecular flexibility index (Phi) is 6.44. The molecule has 1 atom stereocenters. The molecule has 0 heterocycles. The maximum absolute atomic E-state index is 12.6. The molecule has 0 bridgehead atoms. The van der Waals surface area contributed by atoms with Gasteiger partial charge in [-0.05, 0) is 43.0 Å². The average Bonchev–Trinajstić information content (AvgIpc) is 2.84. The van der Waals surface area contributed by atoms with Crippen LogP contribution in [0, 0.1) is 11.8 Å². The van der Waals surface area contributed by atoms with Crippen LogP contribution < -0.4 is 10.1 Å². The number of esters is 1. The maximum atomic E-state index is 12.6. The molecular weight excluding hydrogens is 294 g/mol. The van der Waals surface area contributed by atoms with E-state index >= 15 is 0 Å². The Bertz CT molecular complexity index is 518. The lowest BCUT2D eigenvalue weighted by atomic mass is 9.85. The van der Waals surface area contributed by atoms with E-state index in [4.69, 9.17) is 9.47 Å². The topological polar surface area (TPSA) is 64.6 Å². The van der Waals surface area contributed by atoms with Gasteiger partial charge in [-0.2, -0.15) is 0 Å². The minimum absolute atomic E-state index is 0.0585. The summed E-state index contributed by atoms with van der Waals surface area (Å²) in [6.45, 7) is 0. The number of methoxy groups -OCH3 is 2. The fourth-order valence-electron chi connectivity index (χ4n) is 3.18. The zero-order valence-corrected chi connectivity index (χ0v) is 13.8. The van der Waals surface area contributed by atoms with Crippen molar-refractivity contribution in [2.45, 2.75) is 38.5 Å². The van der Waals surface area contributed by atoms with Gasteiger partial charge in [-0.1, -0.05) is 25.7 Å². The SMILES string of the molecule is COC(=O)[C@H](C(=O)Nc1ccc(OC)cc1)C1CCCCCC1. The van der Waals surface area contributed by atoms with Crippen molar-refractivity contribution >= 4 is 17.6 Å². The van der Waals surface area contributed by atoms with E-state index in [1.54, 1.807) is 31.4 Å². The molecule has 0 aromatic heterocycles. The predicted molar refractivity (Wildman–Crippen MR) is 88.3 cm³/mol. The van der Waals surface area contributed by atoms with Gasteiger partial charge in [0, 0.05) is 5.69 Å². The first-order chi connectivity index (χ1) is 11.2. The lowest BCUT2D eigenvalue weighted by Gasteiger charge is -2.23. The number of ether oxygens (including phenoxy) is 2. The van der Waals surface area contributed by atoms with Crippen molar-refractivity contribution in [3.63, 3.8) is 0 Å². The van der Waals surface area contributed by atoms with Crippen LogP contribution >= 0.6 is 0 Å². The van der Waals surface area contributed by atoms with Crippen molar-refractivity contribution in [2.24, 2.45) is 11.8 Å². The Morgan fingerprint density at radius 1 is 1.04 bits per heavy atom. The highest BCUT2D eigenvalue weighted by atomic mass is 16.5. The summed E-state index contributed by atoms with van der Waals surface area (Å²) in [4.78, 5) is 24.8. The molecule has 1 amide bonds. The molecule has 0 unspecified atom stereocenters. The third-order valence-corrected chi connectivity index (χ3v) is 4.47. The number of carbonyl (C=O) groups is 2. The summed E-state index contributed by atoms with van der Waals surface area (Å²) in [5.41, 5.74) is 0.651. The molecule has 1 N–H and O–H groups in total. The van der Waals surface area contributed by atoms with Crippen LogP contribution in [0.5, 0.6) is 5.75 Å². The Labute approximate surface area is 137 Å². The van der Waals surface area contributed by atoms with Gasteiger partial charge in [0.2, 0.25) is 5.91 Å². The Balaban J connectivity index is 2.10. The molecular formula is C18H25NO4. The molecule has 1 fully saturated rings. The van der Waals surface area contributed by atoms with E-state index in [0.717, 1.165) is 31.4 Å². The van der Waals surface area contributed by atoms with E-state index < -0.39 is 11.9 Å². The number of amides is 1. The van der Waals surface area contributed by atoms with Gasteiger partial charge in [0.1, 0.15) is 11.7 Å². The van der Waals surface area contributed by atoms with Gasteiger partial charge in [0.25, 0.3) is 0 Å². The van der Waals surface area contributed by atoms with E-state index in [9.17, 15) is 9.59 Å². The Morgan fingerprint density at radius 3 is 2.17 bits per heavy atom. The van der Waals surface area contributed by atoms with Gasteiger partial charge in [0.15, 0.2) is 0 Å².